The lowest BCUT2D eigenvalue weighted by Crippen LogP contribution is -2.29. The molecule has 4 rings (SSSR count). The van der Waals surface area contributed by atoms with E-state index >= 15 is 0 Å². The predicted molar refractivity (Wildman–Crippen MR) is 109 cm³/mol. The van der Waals surface area contributed by atoms with E-state index in [-0.39, 0.29) is 17.6 Å². The van der Waals surface area contributed by atoms with E-state index in [4.69, 9.17) is 0 Å². The highest BCUT2D eigenvalue weighted by Crippen LogP contribution is 2.31. The number of benzene rings is 1. The van der Waals surface area contributed by atoms with Crippen LogP contribution in [0.3, 0.4) is 0 Å². The number of alkyl halides is 3. The number of aromatic nitrogens is 4. The Morgan fingerprint density at radius 1 is 1.19 bits per heavy atom. The maximum atomic E-state index is 13.2. The van der Waals surface area contributed by atoms with E-state index in [1.54, 1.807) is 11.8 Å². The summed E-state index contributed by atoms with van der Waals surface area (Å²) in [7, 11) is 1.93. The minimum absolute atomic E-state index is 0.0303. The number of imidazole rings is 1. The van der Waals surface area contributed by atoms with Crippen molar-refractivity contribution in [1.29, 1.82) is 0 Å². The Bertz CT molecular complexity index is 1110. The van der Waals surface area contributed by atoms with Crippen LogP contribution in [0.2, 0.25) is 0 Å². The van der Waals surface area contributed by atoms with Crippen LogP contribution in [-0.2, 0) is 30.9 Å². The quantitative estimate of drug-likeness (QED) is 0.615. The normalized spacial score (nSPS) is 16.9. The van der Waals surface area contributed by atoms with Crippen LogP contribution in [0.4, 0.5) is 13.2 Å². The lowest BCUT2D eigenvalue weighted by atomic mass is 10.1. The molecule has 164 valence electrons. The van der Waals surface area contributed by atoms with Crippen LogP contribution in [0.1, 0.15) is 48.7 Å². The van der Waals surface area contributed by atoms with E-state index < -0.39 is 11.9 Å². The zero-order valence-corrected chi connectivity index (χ0v) is 17.5. The van der Waals surface area contributed by atoms with Gasteiger partial charge < -0.3 is 9.47 Å². The number of carbonyl (C=O) groups excluding carboxylic acids is 1. The maximum absolute atomic E-state index is 13.2. The highest BCUT2D eigenvalue weighted by atomic mass is 19.4. The Balaban J connectivity index is 1.42. The lowest BCUT2D eigenvalue weighted by Gasteiger charge is -2.17. The highest BCUT2D eigenvalue weighted by molar-refractivity contribution is 5.78. The molecule has 9 heteroatoms. The molecule has 3 heterocycles. The number of amides is 1. The number of nitrogens with zero attached hydrogens (tertiary/aromatic N) is 5. The third kappa shape index (κ3) is 4.40. The topological polar surface area (TPSA) is 63.9 Å². The molecule has 1 aliphatic rings. The van der Waals surface area contributed by atoms with E-state index in [1.165, 1.54) is 0 Å². The Labute approximate surface area is 178 Å². The van der Waals surface area contributed by atoms with Crippen LogP contribution >= 0.6 is 0 Å². The van der Waals surface area contributed by atoms with E-state index in [0.717, 1.165) is 22.9 Å². The summed E-state index contributed by atoms with van der Waals surface area (Å²) < 4.78 is 41.5. The number of hydrogen-bond donors (Lipinski definition) is 0. The fourth-order valence-electron chi connectivity index (χ4n) is 4.02. The number of fused-ring (bicyclic) bond motifs is 1. The average molecular weight is 431 g/mol. The SMILES string of the molecule is CCc1cc(C(F)(F)F)nc([C@H]2CCN(C(=O)CCc3nc4ccccc4n3C)C2)n1. The minimum Gasteiger partial charge on any atom is -0.342 e. The summed E-state index contributed by atoms with van der Waals surface area (Å²) in [5.74, 6) is 0.695. The maximum Gasteiger partial charge on any atom is 0.433 e. The van der Waals surface area contributed by atoms with Gasteiger partial charge in [0, 0.05) is 44.6 Å². The van der Waals surface area contributed by atoms with Crippen LogP contribution in [-0.4, -0.2) is 43.4 Å². The van der Waals surface area contributed by atoms with E-state index in [1.807, 2.05) is 35.9 Å². The summed E-state index contributed by atoms with van der Waals surface area (Å²) in [5.41, 5.74) is 1.35. The van der Waals surface area contributed by atoms with E-state index in [9.17, 15) is 18.0 Å². The van der Waals surface area contributed by atoms with Crippen LogP contribution < -0.4 is 0 Å². The fraction of sp³-hybridized carbons (Fsp3) is 0.455. The van der Waals surface area contributed by atoms with Crippen molar-refractivity contribution in [1.82, 2.24) is 24.4 Å². The minimum atomic E-state index is -4.51. The number of aryl methyl sites for hydroxylation is 3. The van der Waals surface area contributed by atoms with Crippen molar-refractivity contribution in [2.75, 3.05) is 13.1 Å². The second-order valence-electron chi connectivity index (χ2n) is 7.86. The molecule has 0 N–H and O–H groups in total. The fourth-order valence-corrected chi connectivity index (χ4v) is 4.02. The first-order valence-electron chi connectivity index (χ1n) is 10.4. The van der Waals surface area contributed by atoms with Crippen molar-refractivity contribution in [3.8, 4) is 0 Å². The predicted octanol–water partition coefficient (Wildman–Crippen LogP) is 3.89. The summed E-state index contributed by atoms with van der Waals surface area (Å²) in [6.45, 7) is 2.59. The standard InChI is InChI=1S/C22H24F3N5O/c1-3-15-12-18(22(23,24)25)28-21(26-15)14-10-11-30(13-14)20(31)9-8-19-27-16-6-4-5-7-17(16)29(19)2/h4-7,12,14H,3,8-11,13H2,1-2H3/t14-/m0/s1. The smallest absolute Gasteiger partial charge is 0.342 e. The average Bonchev–Trinajstić information content (AvgIpc) is 3.37. The largest absolute Gasteiger partial charge is 0.433 e. The van der Waals surface area contributed by atoms with Crippen molar-refractivity contribution in [3.63, 3.8) is 0 Å². The molecule has 0 unspecified atom stereocenters. The van der Waals surface area contributed by atoms with Crippen LogP contribution in [0, 0.1) is 0 Å². The molecule has 6 nitrogen and oxygen atoms in total. The molecular weight excluding hydrogens is 407 g/mol. The van der Waals surface area contributed by atoms with Gasteiger partial charge in [-0.15, -0.1) is 0 Å². The van der Waals surface area contributed by atoms with Gasteiger partial charge in [0.15, 0.2) is 0 Å². The van der Waals surface area contributed by atoms with Crippen molar-refractivity contribution in [2.24, 2.45) is 7.05 Å². The summed E-state index contributed by atoms with van der Waals surface area (Å²) in [6.07, 6.45) is -2.76. The molecule has 0 saturated carbocycles. The summed E-state index contributed by atoms with van der Waals surface area (Å²) >= 11 is 0. The zero-order chi connectivity index (χ0) is 22.2. The first-order valence-corrected chi connectivity index (χ1v) is 10.4. The van der Waals surface area contributed by atoms with Crippen molar-refractivity contribution < 1.29 is 18.0 Å². The lowest BCUT2D eigenvalue weighted by molar-refractivity contribution is -0.141. The van der Waals surface area contributed by atoms with Gasteiger partial charge in [0.25, 0.3) is 0 Å². The Morgan fingerprint density at radius 3 is 2.68 bits per heavy atom. The van der Waals surface area contributed by atoms with Crippen LogP contribution in [0.5, 0.6) is 0 Å². The Kier molecular flexibility index (Phi) is 5.68. The van der Waals surface area contributed by atoms with E-state index in [2.05, 4.69) is 15.0 Å². The van der Waals surface area contributed by atoms with Gasteiger partial charge in [-0.2, -0.15) is 13.2 Å². The number of hydrogen-bond acceptors (Lipinski definition) is 4. The van der Waals surface area contributed by atoms with Gasteiger partial charge in [-0.25, -0.2) is 15.0 Å². The molecule has 1 saturated heterocycles. The summed E-state index contributed by atoms with van der Waals surface area (Å²) in [5, 5.41) is 0. The third-order valence-electron chi connectivity index (χ3n) is 5.80. The molecule has 31 heavy (non-hydrogen) atoms. The molecule has 1 fully saturated rings. The van der Waals surface area contributed by atoms with E-state index in [0.29, 0.717) is 44.5 Å². The van der Waals surface area contributed by atoms with Crippen LogP contribution in [0.15, 0.2) is 30.3 Å². The molecule has 0 bridgehead atoms. The van der Waals surface area contributed by atoms with Crippen LogP contribution in [0.25, 0.3) is 11.0 Å². The number of para-hydroxylation sites is 2. The van der Waals surface area contributed by atoms with Gasteiger partial charge in [0.2, 0.25) is 5.91 Å². The Hall–Kier alpha value is -2.97. The van der Waals surface area contributed by atoms with Gasteiger partial charge >= 0.3 is 6.18 Å². The second-order valence-corrected chi connectivity index (χ2v) is 7.86. The van der Waals surface area contributed by atoms with Gasteiger partial charge in [0.05, 0.1) is 11.0 Å². The van der Waals surface area contributed by atoms with Gasteiger partial charge in [0.1, 0.15) is 17.3 Å². The molecule has 3 aromatic rings. The molecule has 2 aromatic heterocycles. The molecule has 1 aliphatic heterocycles. The number of rotatable bonds is 5. The molecular formula is C22H24F3N5O. The van der Waals surface area contributed by atoms with Crippen molar-refractivity contribution >= 4 is 16.9 Å². The molecule has 1 amide bonds. The van der Waals surface area contributed by atoms with Gasteiger partial charge in [-0.1, -0.05) is 19.1 Å². The number of carbonyl (C=O) groups is 1. The molecule has 1 aromatic carbocycles. The monoisotopic (exact) mass is 431 g/mol. The summed E-state index contributed by atoms with van der Waals surface area (Å²) in [6, 6.07) is 8.79. The molecule has 0 radical (unpaired) electrons. The van der Waals surface area contributed by atoms with Crippen molar-refractivity contribution in [3.05, 3.63) is 53.4 Å². The van der Waals surface area contributed by atoms with Gasteiger partial charge in [-0.05, 0) is 31.0 Å². The number of likely N-dealkylation sites (tertiary alicyclic amines) is 1. The molecule has 0 aliphatic carbocycles. The highest BCUT2D eigenvalue weighted by Gasteiger charge is 2.36. The zero-order valence-electron chi connectivity index (χ0n) is 17.5. The molecule has 1 atom stereocenters. The third-order valence-corrected chi connectivity index (χ3v) is 5.80. The Morgan fingerprint density at radius 2 is 1.97 bits per heavy atom. The second kappa shape index (κ2) is 8.28. The van der Waals surface area contributed by atoms with Crippen molar-refractivity contribution in [2.45, 2.75) is 44.7 Å². The van der Waals surface area contributed by atoms with Gasteiger partial charge in [-0.3, -0.25) is 4.79 Å². The summed E-state index contributed by atoms with van der Waals surface area (Å²) in [4.78, 5) is 27.1. The first-order chi connectivity index (χ1) is 14.8. The molecule has 0 spiro atoms. The first kappa shape index (κ1) is 21.3. The number of halogens is 3.